The van der Waals surface area contributed by atoms with Crippen LogP contribution in [0.4, 0.5) is 0 Å². The molecule has 0 aromatic rings. The first-order valence-corrected chi connectivity index (χ1v) is 6.76. The lowest BCUT2D eigenvalue weighted by atomic mass is 10.4. The smallest absolute Gasteiger partial charge is 0.155 e. The van der Waals surface area contributed by atoms with E-state index < -0.39 is 0 Å². The maximum absolute atomic E-state index is 6.74. The van der Waals surface area contributed by atoms with E-state index in [0.717, 1.165) is 5.03 Å². The molecule has 0 saturated carbocycles. The molecule has 0 bridgehead atoms. The van der Waals surface area contributed by atoms with E-state index in [-0.39, 0.29) is 0 Å². The van der Waals surface area contributed by atoms with Crippen LogP contribution in [0.25, 0.3) is 0 Å². The summed E-state index contributed by atoms with van der Waals surface area (Å²) in [6.45, 7) is 0. The van der Waals surface area contributed by atoms with Crippen molar-refractivity contribution in [2.45, 2.75) is 12.8 Å². The standard InChI is InChI=1S/C8H13N2S2/c1-11-8(10-7-9)6-12-4-2-3-5-12/h6,9H,2-5H2,1H3/q+1/b8-6+. The van der Waals surface area contributed by atoms with Crippen molar-refractivity contribution < 1.29 is 0 Å². The third kappa shape index (κ3) is 3.05. The van der Waals surface area contributed by atoms with E-state index in [1.807, 2.05) is 6.26 Å². The zero-order chi connectivity index (χ0) is 8.81. The second-order valence-electron chi connectivity index (χ2n) is 2.54. The van der Waals surface area contributed by atoms with Crippen LogP contribution in [-0.2, 0) is 10.9 Å². The second kappa shape index (κ2) is 5.46. The van der Waals surface area contributed by atoms with Gasteiger partial charge in [-0.3, -0.25) is 0 Å². The molecule has 0 spiro atoms. The minimum absolute atomic E-state index is 0.441. The fraction of sp³-hybridized carbons (Fsp3) is 0.625. The van der Waals surface area contributed by atoms with E-state index in [1.54, 1.807) is 11.8 Å². The zero-order valence-electron chi connectivity index (χ0n) is 7.17. The summed E-state index contributed by atoms with van der Waals surface area (Å²) in [5, 5.41) is 9.90. The summed E-state index contributed by atoms with van der Waals surface area (Å²) in [7, 11) is 0.441. The molecule has 0 aromatic heterocycles. The van der Waals surface area contributed by atoms with E-state index in [9.17, 15) is 0 Å². The molecule has 0 unspecified atom stereocenters. The number of hydrogen-bond donors (Lipinski definition) is 1. The summed E-state index contributed by atoms with van der Waals surface area (Å²) in [6.07, 6.45) is 4.71. The highest BCUT2D eigenvalue weighted by molar-refractivity contribution is 8.04. The van der Waals surface area contributed by atoms with Gasteiger partial charge in [0.15, 0.2) is 10.4 Å². The highest BCUT2D eigenvalue weighted by atomic mass is 32.2. The maximum atomic E-state index is 6.74. The fourth-order valence-electron chi connectivity index (χ4n) is 1.11. The molecule has 0 radical (unpaired) electrons. The SMILES string of the molecule is CS/C(=C/[S+]1CCCC1)N=C=N. The van der Waals surface area contributed by atoms with E-state index >= 15 is 0 Å². The molecule has 1 fully saturated rings. The van der Waals surface area contributed by atoms with Crippen LogP contribution in [0.3, 0.4) is 0 Å². The maximum Gasteiger partial charge on any atom is 0.155 e. The molecule has 1 rings (SSSR count). The lowest BCUT2D eigenvalue weighted by Crippen LogP contribution is -1.98. The molecular formula is C8H13N2S2+. The molecule has 0 atom stereocenters. The molecule has 1 heterocycles. The summed E-state index contributed by atoms with van der Waals surface area (Å²) in [5.41, 5.74) is 0. The van der Waals surface area contributed by atoms with Crippen molar-refractivity contribution in [2.24, 2.45) is 4.99 Å². The summed E-state index contributed by atoms with van der Waals surface area (Å²) in [4.78, 5) is 3.85. The lowest BCUT2D eigenvalue weighted by Gasteiger charge is -1.93. The minimum atomic E-state index is 0.441. The molecule has 12 heavy (non-hydrogen) atoms. The van der Waals surface area contributed by atoms with Crippen molar-refractivity contribution in [2.75, 3.05) is 17.8 Å². The molecule has 66 valence electrons. The summed E-state index contributed by atoms with van der Waals surface area (Å²) < 4.78 is 0. The van der Waals surface area contributed by atoms with Gasteiger partial charge in [0.2, 0.25) is 0 Å². The van der Waals surface area contributed by atoms with Gasteiger partial charge >= 0.3 is 0 Å². The van der Waals surface area contributed by atoms with E-state index in [2.05, 4.69) is 16.4 Å². The summed E-state index contributed by atoms with van der Waals surface area (Å²) >= 11 is 1.60. The van der Waals surface area contributed by atoms with Gasteiger partial charge < -0.3 is 0 Å². The number of nitrogens with zero attached hydrogens (tertiary/aromatic N) is 1. The average Bonchev–Trinajstić information content (AvgIpc) is 2.56. The van der Waals surface area contributed by atoms with Crippen molar-refractivity contribution in [1.29, 1.82) is 5.41 Å². The predicted octanol–water partition coefficient (Wildman–Crippen LogP) is 2.31. The quantitative estimate of drug-likeness (QED) is 0.552. The predicted molar refractivity (Wildman–Crippen MR) is 58.1 cm³/mol. The second-order valence-corrected chi connectivity index (χ2v) is 5.49. The zero-order valence-corrected chi connectivity index (χ0v) is 8.80. The van der Waals surface area contributed by atoms with Gasteiger partial charge in [-0.05, 0) is 19.1 Å². The van der Waals surface area contributed by atoms with Crippen molar-refractivity contribution in [3.05, 3.63) is 10.4 Å². The molecule has 1 aliphatic heterocycles. The molecule has 0 aliphatic carbocycles. The number of hydrogen-bond acceptors (Lipinski definition) is 3. The molecule has 4 heteroatoms. The average molecular weight is 201 g/mol. The summed E-state index contributed by atoms with van der Waals surface area (Å²) in [6, 6.07) is 2.08. The molecule has 2 nitrogen and oxygen atoms in total. The first kappa shape index (κ1) is 9.90. The van der Waals surface area contributed by atoms with Gasteiger partial charge in [0.1, 0.15) is 11.5 Å². The van der Waals surface area contributed by atoms with E-state index in [4.69, 9.17) is 5.41 Å². The van der Waals surface area contributed by atoms with Crippen LogP contribution in [0.15, 0.2) is 15.4 Å². The molecule has 0 amide bonds. The Balaban J connectivity index is 2.55. The lowest BCUT2D eigenvalue weighted by molar-refractivity contribution is 0.949. The van der Waals surface area contributed by atoms with Crippen molar-refractivity contribution in [3.63, 3.8) is 0 Å². The molecule has 1 aliphatic rings. The third-order valence-corrected chi connectivity index (χ3v) is 4.67. The Morgan fingerprint density at radius 2 is 2.25 bits per heavy atom. The fourth-order valence-corrected chi connectivity index (χ4v) is 3.97. The van der Waals surface area contributed by atoms with Crippen LogP contribution in [-0.4, -0.2) is 23.8 Å². The van der Waals surface area contributed by atoms with Crippen LogP contribution in [0.2, 0.25) is 0 Å². The largest absolute Gasteiger partial charge is 0.241 e. The van der Waals surface area contributed by atoms with Crippen LogP contribution < -0.4 is 0 Å². The summed E-state index contributed by atoms with van der Waals surface area (Å²) in [5.74, 6) is 2.63. The Kier molecular flexibility index (Phi) is 4.51. The first-order chi connectivity index (χ1) is 5.86. The van der Waals surface area contributed by atoms with Gasteiger partial charge in [-0.25, -0.2) is 5.41 Å². The Morgan fingerprint density at radius 1 is 1.58 bits per heavy atom. The monoisotopic (exact) mass is 201 g/mol. The number of thioether (sulfide) groups is 1. The van der Waals surface area contributed by atoms with Gasteiger partial charge in [0, 0.05) is 10.9 Å². The van der Waals surface area contributed by atoms with E-state index in [1.165, 1.54) is 24.3 Å². The molecular weight excluding hydrogens is 188 g/mol. The third-order valence-electron chi connectivity index (χ3n) is 1.71. The Hall–Kier alpha value is -0.180. The van der Waals surface area contributed by atoms with Crippen LogP contribution in [0.5, 0.6) is 0 Å². The van der Waals surface area contributed by atoms with Crippen LogP contribution >= 0.6 is 11.8 Å². The molecule has 0 aromatic carbocycles. The Morgan fingerprint density at radius 3 is 2.75 bits per heavy atom. The minimum Gasteiger partial charge on any atom is -0.241 e. The van der Waals surface area contributed by atoms with Crippen molar-refractivity contribution in [3.8, 4) is 0 Å². The van der Waals surface area contributed by atoms with Crippen molar-refractivity contribution >= 4 is 28.7 Å². The van der Waals surface area contributed by atoms with Gasteiger partial charge in [0.05, 0.1) is 6.01 Å². The highest BCUT2D eigenvalue weighted by Gasteiger charge is 2.22. The van der Waals surface area contributed by atoms with Crippen molar-refractivity contribution in [1.82, 2.24) is 0 Å². The first-order valence-electron chi connectivity index (χ1n) is 3.91. The number of rotatable bonds is 3. The normalized spacial score (nSPS) is 19.2. The van der Waals surface area contributed by atoms with Gasteiger partial charge in [0.25, 0.3) is 0 Å². The Bertz CT molecular complexity index is 213. The molecule has 1 saturated heterocycles. The highest BCUT2D eigenvalue weighted by Crippen LogP contribution is 2.20. The van der Waals surface area contributed by atoms with E-state index in [0.29, 0.717) is 10.9 Å². The van der Waals surface area contributed by atoms with Crippen LogP contribution in [0.1, 0.15) is 12.8 Å². The van der Waals surface area contributed by atoms with Gasteiger partial charge in [-0.2, -0.15) is 4.99 Å². The number of aliphatic imine (C=N–C) groups is 1. The van der Waals surface area contributed by atoms with Gasteiger partial charge in [-0.15, -0.1) is 11.8 Å². The Labute approximate surface area is 80.4 Å². The van der Waals surface area contributed by atoms with Crippen LogP contribution in [0, 0.1) is 5.41 Å². The van der Waals surface area contributed by atoms with Gasteiger partial charge in [-0.1, -0.05) is 0 Å². The topological polar surface area (TPSA) is 36.2 Å². The number of nitrogens with one attached hydrogen (secondary N) is 1. The molecule has 1 N–H and O–H groups in total.